The molecule has 0 spiro atoms. The van der Waals surface area contributed by atoms with Crippen molar-refractivity contribution in [1.29, 1.82) is 0 Å². The van der Waals surface area contributed by atoms with Gasteiger partial charge in [-0.05, 0) is 24.6 Å². The molecule has 1 aliphatic heterocycles. The van der Waals surface area contributed by atoms with Crippen LogP contribution in [0.15, 0.2) is 48.5 Å². The fraction of sp³-hybridized carbons (Fsp3) is 0.222. The Labute approximate surface area is 129 Å². The summed E-state index contributed by atoms with van der Waals surface area (Å²) in [5.74, 6) is 0.545. The van der Waals surface area contributed by atoms with E-state index >= 15 is 0 Å². The lowest BCUT2D eigenvalue weighted by Gasteiger charge is -2.34. The molecular formula is C18H17NO3. The molecule has 1 amide bonds. The van der Waals surface area contributed by atoms with E-state index in [0.717, 1.165) is 23.1 Å². The second-order valence-electron chi connectivity index (χ2n) is 5.32. The van der Waals surface area contributed by atoms with Crippen molar-refractivity contribution in [2.45, 2.75) is 19.4 Å². The van der Waals surface area contributed by atoms with Crippen LogP contribution < -0.4 is 9.64 Å². The highest BCUT2D eigenvalue weighted by molar-refractivity contribution is 6.00. The van der Waals surface area contributed by atoms with Crippen LogP contribution in [0.2, 0.25) is 0 Å². The van der Waals surface area contributed by atoms with Gasteiger partial charge in [0.1, 0.15) is 12.0 Å². The van der Waals surface area contributed by atoms with E-state index in [1.807, 2.05) is 55.5 Å². The Morgan fingerprint density at radius 3 is 2.68 bits per heavy atom. The Morgan fingerprint density at radius 2 is 1.95 bits per heavy atom. The number of carbonyl (C=O) groups is 2. The van der Waals surface area contributed by atoms with Gasteiger partial charge in [-0.3, -0.25) is 4.79 Å². The van der Waals surface area contributed by atoms with Crippen molar-refractivity contribution in [2.75, 3.05) is 11.4 Å². The maximum Gasteiger partial charge on any atom is 0.272 e. The summed E-state index contributed by atoms with van der Waals surface area (Å²) in [6, 6.07) is 15.1. The first-order valence-electron chi connectivity index (χ1n) is 7.28. The molecule has 0 fully saturated rings. The van der Waals surface area contributed by atoms with Gasteiger partial charge in [-0.1, -0.05) is 36.4 Å². The molecule has 0 saturated heterocycles. The highest BCUT2D eigenvalue weighted by Crippen LogP contribution is 2.39. The number of hydrogen-bond acceptors (Lipinski definition) is 3. The number of aryl methyl sites for hydroxylation is 1. The van der Waals surface area contributed by atoms with Crippen LogP contribution >= 0.6 is 0 Å². The predicted molar refractivity (Wildman–Crippen MR) is 84.0 cm³/mol. The number of amides is 1. The van der Waals surface area contributed by atoms with Crippen molar-refractivity contribution in [3.8, 4) is 5.75 Å². The third-order valence-corrected chi connectivity index (χ3v) is 3.71. The predicted octanol–water partition coefficient (Wildman–Crippen LogP) is 3.05. The number of rotatable bonds is 4. The second-order valence-corrected chi connectivity index (χ2v) is 5.32. The van der Waals surface area contributed by atoms with E-state index in [4.69, 9.17) is 4.74 Å². The molecule has 1 unspecified atom stereocenters. The van der Waals surface area contributed by atoms with Crippen molar-refractivity contribution in [1.82, 2.24) is 0 Å². The van der Waals surface area contributed by atoms with Gasteiger partial charge in [0.15, 0.2) is 0 Å². The first-order chi connectivity index (χ1) is 10.7. The van der Waals surface area contributed by atoms with Crippen molar-refractivity contribution in [3.05, 3.63) is 59.7 Å². The number of carbonyl (C=O) groups excluding carboxylic acids is 2. The molecule has 112 valence electrons. The molecule has 1 aliphatic rings. The van der Waals surface area contributed by atoms with Crippen LogP contribution in [-0.4, -0.2) is 18.7 Å². The molecule has 0 aromatic heterocycles. The van der Waals surface area contributed by atoms with Crippen LogP contribution in [0.4, 0.5) is 5.69 Å². The minimum atomic E-state index is -0.665. The van der Waals surface area contributed by atoms with E-state index in [2.05, 4.69) is 0 Å². The highest BCUT2D eigenvalue weighted by Gasteiger charge is 2.35. The monoisotopic (exact) mass is 295 g/mol. The van der Waals surface area contributed by atoms with Crippen molar-refractivity contribution >= 4 is 17.9 Å². The standard InChI is InChI=1S/C18H17NO3/c1-13-8-9-15-16(12-13)22-17(14-6-3-2-4-7-14)18(21)19(15)10-5-11-20/h2-4,6-9,11-12,17H,5,10H2,1H3. The Kier molecular flexibility index (Phi) is 3.92. The van der Waals surface area contributed by atoms with Crippen LogP contribution in [0.1, 0.15) is 23.7 Å². The molecule has 4 nitrogen and oxygen atoms in total. The average molecular weight is 295 g/mol. The minimum absolute atomic E-state index is 0.135. The van der Waals surface area contributed by atoms with Gasteiger partial charge in [0.2, 0.25) is 6.10 Å². The molecule has 0 radical (unpaired) electrons. The summed E-state index contributed by atoms with van der Waals surface area (Å²) in [5, 5.41) is 0. The van der Waals surface area contributed by atoms with E-state index < -0.39 is 6.10 Å². The Hall–Kier alpha value is -2.62. The fourth-order valence-electron chi connectivity index (χ4n) is 2.63. The van der Waals surface area contributed by atoms with E-state index in [1.165, 1.54) is 0 Å². The number of aldehydes is 1. The van der Waals surface area contributed by atoms with Gasteiger partial charge in [0, 0.05) is 18.5 Å². The topological polar surface area (TPSA) is 46.6 Å². The molecule has 3 rings (SSSR count). The number of anilines is 1. The molecule has 0 bridgehead atoms. The normalized spacial score (nSPS) is 16.9. The third-order valence-electron chi connectivity index (χ3n) is 3.71. The summed E-state index contributed by atoms with van der Waals surface area (Å²) in [6.07, 6.45) is 0.469. The molecule has 1 atom stereocenters. The SMILES string of the molecule is Cc1ccc2c(c1)OC(c1ccccc1)C(=O)N2CCC=O. The lowest BCUT2D eigenvalue weighted by molar-refractivity contribution is -0.126. The molecule has 4 heteroatoms. The molecular weight excluding hydrogens is 278 g/mol. The number of fused-ring (bicyclic) bond motifs is 1. The van der Waals surface area contributed by atoms with Crippen LogP contribution in [0.3, 0.4) is 0 Å². The number of benzene rings is 2. The van der Waals surface area contributed by atoms with E-state index in [-0.39, 0.29) is 5.91 Å². The summed E-state index contributed by atoms with van der Waals surface area (Å²) >= 11 is 0. The zero-order chi connectivity index (χ0) is 15.5. The fourth-order valence-corrected chi connectivity index (χ4v) is 2.63. The van der Waals surface area contributed by atoms with Crippen LogP contribution in [0.5, 0.6) is 5.75 Å². The maximum atomic E-state index is 12.8. The van der Waals surface area contributed by atoms with Gasteiger partial charge in [0.05, 0.1) is 5.69 Å². The average Bonchev–Trinajstić information content (AvgIpc) is 2.54. The van der Waals surface area contributed by atoms with Crippen molar-refractivity contribution in [3.63, 3.8) is 0 Å². The largest absolute Gasteiger partial charge is 0.474 e. The van der Waals surface area contributed by atoms with Crippen molar-refractivity contribution < 1.29 is 14.3 Å². The number of ether oxygens (including phenoxy) is 1. The lowest BCUT2D eigenvalue weighted by Crippen LogP contribution is -2.41. The number of nitrogens with zero attached hydrogens (tertiary/aromatic N) is 1. The molecule has 0 N–H and O–H groups in total. The molecule has 0 aliphatic carbocycles. The summed E-state index contributed by atoms with van der Waals surface area (Å²) < 4.78 is 5.94. The Morgan fingerprint density at radius 1 is 1.18 bits per heavy atom. The lowest BCUT2D eigenvalue weighted by atomic mass is 10.0. The summed E-state index contributed by atoms with van der Waals surface area (Å²) in [4.78, 5) is 25.1. The molecule has 1 heterocycles. The second kappa shape index (κ2) is 6.02. The van der Waals surface area contributed by atoms with Gasteiger partial charge in [-0.25, -0.2) is 0 Å². The van der Waals surface area contributed by atoms with E-state index in [0.29, 0.717) is 18.7 Å². The Balaban J connectivity index is 2.02. The summed E-state index contributed by atoms with van der Waals surface area (Å²) in [5.41, 5.74) is 2.61. The zero-order valence-corrected chi connectivity index (χ0v) is 12.4. The quantitative estimate of drug-likeness (QED) is 0.814. The van der Waals surface area contributed by atoms with Crippen LogP contribution in [0, 0.1) is 6.92 Å². The van der Waals surface area contributed by atoms with Gasteiger partial charge >= 0.3 is 0 Å². The van der Waals surface area contributed by atoms with Gasteiger partial charge in [-0.2, -0.15) is 0 Å². The first kappa shape index (κ1) is 14.3. The zero-order valence-electron chi connectivity index (χ0n) is 12.4. The smallest absolute Gasteiger partial charge is 0.272 e. The van der Waals surface area contributed by atoms with Gasteiger partial charge < -0.3 is 14.4 Å². The maximum absolute atomic E-state index is 12.8. The molecule has 2 aromatic rings. The van der Waals surface area contributed by atoms with Crippen LogP contribution in [0.25, 0.3) is 0 Å². The van der Waals surface area contributed by atoms with Crippen LogP contribution in [-0.2, 0) is 9.59 Å². The molecule has 2 aromatic carbocycles. The third kappa shape index (κ3) is 2.60. The van der Waals surface area contributed by atoms with Gasteiger partial charge in [0.25, 0.3) is 5.91 Å². The molecule has 22 heavy (non-hydrogen) atoms. The van der Waals surface area contributed by atoms with Crippen molar-refractivity contribution in [2.24, 2.45) is 0 Å². The minimum Gasteiger partial charge on any atom is -0.474 e. The highest BCUT2D eigenvalue weighted by atomic mass is 16.5. The molecule has 0 saturated carbocycles. The van der Waals surface area contributed by atoms with Gasteiger partial charge in [-0.15, -0.1) is 0 Å². The van der Waals surface area contributed by atoms with E-state index in [9.17, 15) is 9.59 Å². The summed E-state index contributed by atoms with van der Waals surface area (Å²) in [7, 11) is 0. The number of hydrogen-bond donors (Lipinski definition) is 0. The first-order valence-corrected chi connectivity index (χ1v) is 7.28. The summed E-state index contributed by atoms with van der Waals surface area (Å²) in [6.45, 7) is 2.35. The Bertz CT molecular complexity index is 697. The van der Waals surface area contributed by atoms with E-state index in [1.54, 1.807) is 4.90 Å².